The van der Waals surface area contributed by atoms with E-state index in [2.05, 4.69) is 172 Å². The van der Waals surface area contributed by atoms with Crippen LogP contribution in [0, 0.1) is 0 Å². The quantitative estimate of drug-likeness (QED) is 0.190. The lowest BCUT2D eigenvalue weighted by molar-refractivity contribution is 0.666. The molecule has 0 fully saturated rings. The molecular formula is C47H34N2. The van der Waals surface area contributed by atoms with Crippen LogP contribution in [0.25, 0.3) is 78.1 Å². The van der Waals surface area contributed by atoms with Crippen LogP contribution in [0.5, 0.6) is 0 Å². The van der Waals surface area contributed by atoms with Gasteiger partial charge in [-0.3, -0.25) is 0 Å². The van der Waals surface area contributed by atoms with Crippen molar-refractivity contribution in [2.45, 2.75) is 19.3 Å². The Morgan fingerprint density at radius 3 is 1.51 bits per heavy atom. The van der Waals surface area contributed by atoms with Gasteiger partial charge in [0, 0.05) is 33.1 Å². The minimum absolute atomic E-state index is 0.108. The highest BCUT2D eigenvalue weighted by atomic mass is 14.7. The molecule has 2 heteroatoms. The molecule has 8 aromatic rings. The summed E-state index contributed by atoms with van der Waals surface area (Å²) in [6, 6.07) is 60.4. The highest BCUT2D eigenvalue weighted by Crippen LogP contribution is 2.53. The first-order valence-electron chi connectivity index (χ1n) is 16.9. The Kier molecular flexibility index (Phi) is 6.84. The molecule has 0 spiro atoms. The van der Waals surface area contributed by atoms with Gasteiger partial charge in [-0.15, -0.1) is 0 Å². The van der Waals surface area contributed by atoms with Gasteiger partial charge in [0.15, 0.2) is 0 Å². The predicted octanol–water partition coefficient (Wildman–Crippen LogP) is 12.3. The van der Waals surface area contributed by atoms with Gasteiger partial charge in [0.25, 0.3) is 0 Å². The fourth-order valence-corrected chi connectivity index (χ4v) is 7.60. The van der Waals surface area contributed by atoms with Crippen molar-refractivity contribution in [2.24, 2.45) is 0 Å². The lowest BCUT2D eigenvalue weighted by Crippen LogP contribution is -2.15. The lowest BCUT2D eigenvalue weighted by Gasteiger charge is -2.23. The van der Waals surface area contributed by atoms with E-state index in [1.54, 1.807) is 0 Å². The first-order chi connectivity index (χ1) is 24.0. The maximum Gasteiger partial charge on any atom is 0.0791 e. The summed E-state index contributed by atoms with van der Waals surface area (Å²) < 4.78 is 0. The normalized spacial score (nSPS) is 12.9. The number of rotatable bonds is 5. The predicted molar refractivity (Wildman–Crippen MR) is 204 cm³/mol. The van der Waals surface area contributed by atoms with E-state index >= 15 is 0 Å². The van der Waals surface area contributed by atoms with Gasteiger partial charge in [0.1, 0.15) is 0 Å². The zero-order valence-corrected chi connectivity index (χ0v) is 27.6. The van der Waals surface area contributed by atoms with E-state index in [1.165, 1.54) is 38.8 Å². The van der Waals surface area contributed by atoms with Gasteiger partial charge < -0.3 is 0 Å². The molecule has 1 aliphatic carbocycles. The maximum atomic E-state index is 5.28. The zero-order chi connectivity index (χ0) is 33.0. The summed E-state index contributed by atoms with van der Waals surface area (Å²) in [4.78, 5) is 10.3. The molecule has 49 heavy (non-hydrogen) atoms. The van der Waals surface area contributed by atoms with E-state index in [9.17, 15) is 0 Å². The summed E-state index contributed by atoms with van der Waals surface area (Å²) in [5.41, 5.74) is 17.2. The summed E-state index contributed by atoms with van der Waals surface area (Å²) in [5.74, 6) is 0. The molecule has 2 aromatic heterocycles. The molecule has 2 nitrogen and oxygen atoms in total. The summed E-state index contributed by atoms with van der Waals surface area (Å²) >= 11 is 0. The van der Waals surface area contributed by atoms with Gasteiger partial charge in [-0.05, 0) is 57.1 Å². The van der Waals surface area contributed by atoms with Crippen molar-refractivity contribution < 1.29 is 0 Å². The second kappa shape index (κ2) is 11.5. The van der Waals surface area contributed by atoms with Crippen LogP contribution in [0.15, 0.2) is 170 Å². The molecule has 0 saturated carbocycles. The van der Waals surface area contributed by atoms with Crippen molar-refractivity contribution >= 4 is 10.9 Å². The third-order valence-corrected chi connectivity index (χ3v) is 10.1. The van der Waals surface area contributed by atoms with Crippen molar-refractivity contribution in [2.75, 3.05) is 0 Å². The first-order valence-corrected chi connectivity index (χ1v) is 16.9. The second-order valence-corrected chi connectivity index (χ2v) is 13.4. The molecule has 232 valence electrons. The zero-order valence-electron chi connectivity index (χ0n) is 27.6. The Balaban J connectivity index is 1.09. The number of aromatic nitrogens is 2. The van der Waals surface area contributed by atoms with Crippen molar-refractivity contribution in [3.05, 3.63) is 181 Å². The van der Waals surface area contributed by atoms with Crippen molar-refractivity contribution in [3.63, 3.8) is 0 Å². The molecule has 2 heterocycles. The molecule has 0 aliphatic heterocycles. The standard InChI is InChI=1S/C47H34N2/c1-47(2)40-19-11-9-17-38(40)44-45(47)39-18-10-12-20-41(39)49-46(44)36-27-25-32(26-28-36)31-21-23-33(24-22-31)37-29-42(34-13-5-3-6-14-34)48-43(30-37)35-15-7-4-8-16-35/h3-30H,1-2H3. The fraction of sp³-hybridized carbons (Fsp3) is 0.0638. The molecular weight excluding hydrogens is 593 g/mol. The minimum atomic E-state index is -0.108. The molecule has 0 bridgehead atoms. The van der Waals surface area contributed by atoms with E-state index in [0.717, 1.165) is 50.4 Å². The van der Waals surface area contributed by atoms with Crippen molar-refractivity contribution in [1.82, 2.24) is 9.97 Å². The molecule has 1 aliphatic rings. The Bertz CT molecular complexity index is 2420. The number of hydrogen-bond acceptors (Lipinski definition) is 2. The van der Waals surface area contributed by atoms with E-state index in [0.29, 0.717) is 0 Å². The van der Waals surface area contributed by atoms with Crippen LogP contribution in [0.1, 0.15) is 25.0 Å². The summed E-state index contributed by atoms with van der Waals surface area (Å²) in [6.07, 6.45) is 0. The average molecular weight is 627 g/mol. The fourth-order valence-electron chi connectivity index (χ4n) is 7.60. The summed E-state index contributed by atoms with van der Waals surface area (Å²) in [5, 5.41) is 1.24. The van der Waals surface area contributed by atoms with Gasteiger partial charge in [-0.25, -0.2) is 9.97 Å². The highest BCUT2D eigenvalue weighted by molar-refractivity contribution is 6.01. The number of fused-ring (bicyclic) bond motifs is 5. The summed E-state index contributed by atoms with van der Waals surface area (Å²) in [6.45, 7) is 4.69. The topological polar surface area (TPSA) is 25.8 Å². The SMILES string of the molecule is CC1(C)c2ccccc2-c2c(-c3ccc(-c4ccc(-c5cc(-c6ccccc6)nc(-c6ccccc6)c5)cc4)cc3)nc3ccccc3c21. The number of pyridine rings is 2. The number of para-hydroxylation sites is 1. The largest absolute Gasteiger partial charge is 0.248 e. The molecule has 0 saturated heterocycles. The third kappa shape index (κ3) is 4.96. The molecule has 9 rings (SSSR count). The van der Waals surface area contributed by atoms with Gasteiger partial charge in [0.2, 0.25) is 0 Å². The molecule has 0 N–H and O–H groups in total. The van der Waals surface area contributed by atoms with Gasteiger partial charge in [0.05, 0.1) is 22.6 Å². The van der Waals surface area contributed by atoms with Crippen LogP contribution in [0.2, 0.25) is 0 Å². The molecule has 0 atom stereocenters. The Morgan fingerprint density at radius 2 is 0.898 bits per heavy atom. The van der Waals surface area contributed by atoms with Gasteiger partial charge >= 0.3 is 0 Å². The smallest absolute Gasteiger partial charge is 0.0791 e. The Labute approximate surface area is 287 Å². The molecule has 6 aromatic carbocycles. The maximum absolute atomic E-state index is 5.28. The van der Waals surface area contributed by atoms with Gasteiger partial charge in [-0.2, -0.15) is 0 Å². The van der Waals surface area contributed by atoms with E-state index in [-0.39, 0.29) is 5.41 Å². The minimum Gasteiger partial charge on any atom is -0.248 e. The second-order valence-electron chi connectivity index (χ2n) is 13.4. The van der Waals surface area contributed by atoms with E-state index in [1.807, 2.05) is 12.1 Å². The van der Waals surface area contributed by atoms with E-state index < -0.39 is 0 Å². The van der Waals surface area contributed by atoms with Crippen LogP contribution in [0.3, 0.4) is 0 Å². The Hall–Kier alpha value is -6.12. The Morgan fingerprint density at radius 1 is 0.408 bits per heavy atom. The number of hydrogen-bond donors (Lipinski definition) is 0. The van der Waals surface area contributed by atoms with Gasteiger partial charge in [-0.1, -0.05) is 166 Å². The van der Waals surface area contributed by atoms with Crippen LogP contribution < -0.4 is 0 Å². The monoisotopic (exact) mass is 626 g/mol. The molecule has 0 radical (unpaired) electrons. The van der Waals surface area contributed by atoms with Crippen LogP contribution in [0.4, 0.5) is 0 Å². The van der Waals surface area contributed by atoms with Crippen molar-refractivity contribution in [3.8, 4) is 67.2 Å². The number of benzene rings is 6. The molecule has 0 amide bonds. The van der Waals surface area contributed by atoms with Crippen LogP contribution >= 0.6 is 0 Å². The lowest BCUT2D eigenvalue weighted by atomic mass is 9.80. The molecule has 0 unspecified atom stereocenters. The van der Waals surface area contributed by atoms with Crippen LogP contribution in [-0.4, -0.2) is 9.97 Å². The van der Waals surface area contributed by atoms with E-state index in [4.69, 9.17) is 9.97 Å². The average Bonchev–Trinajstić information content (AvgIpc) is 3.42. The van der Waals surface area contributed by atoms with Crippen molar-refractivity contribution in [1.29, 1.82) is 0 Å². The first kappa shape index (κ1) is 29.1. The number of nitrogens with zero attached hydrogens (tertiary/aromatic N) is 2. The summed E-state index contributed by atoms with van der Waals surface area (Å²) in [7, 11) is 0. The third-order valence-electron chi connectivity index (χ3n) is 10.1. The highest BCUT2D eigenvalue weighted by Gasteiger charge is 2.39. The van der Waals surface area contributed by atoms with Crippen LogP contribution in [-0.2, 0) is 5.41 Å².